The van der Waals surface area contributed by atoms with Crippen molar-refractivity contribution in [3.8, 4) is 0 Å². The van der Waals surface area contributed by atoms with Gasteiger partial charge >= 0.3 is 0 Å². The van der Waals surface area contributed by atoms with E-state index in [0.29, 0.717) is 22.2 Å². The van der Waals surface area contributed by atoms with Crippen molar-refractivity contribution in [1.82, 2.24) is 10.6 Å². The van der Waals surface area contributed by atoms with Crippen LogP contribution in [0.25, 0.3) is 0 Å². The first-order valence-electron chi connectivity index (χ1n) is 9.78. The molecule has 2 rings (SSSR count). The molecule has 0 amide bonds. The van der Waals surface area contributed by atoms with Crippen LogP contribution in [0.15, 0.2) is 0 Å². The fourth-order valence-electron chi connectivity index (χ4n) is 5.67. The molecule has 2 fully saturated rings. The van der Waals surface area contributed by atoms with Crippen molar-refractivity contribution in [3.05, 3.63) is 0 Å². The summed E-state index contributed by atoms with van der Waals surface area (Å²) < 4.78 is 0. The van der Waals surface area contributed by atoms with E-state index in [9.17, 15) is 0 Å². The van der Waals surface area contributed by atoms with Crippen LogP contribution in [0, 0.1) is 11.8 Å². The number of rotatable bonds is 0. The molecule has 0 saturated carbocycles. The number of hydrogen-bond acceptors (Lipinski definition) is 4. The quantitative estimate of drug-likeness (QED) is 0.645. The summed E-state index contributed by atoms with van der Waals surface area (Å²) in [7, 11) is 0. The molecule has 2 heterocycles. The molecule has 0 aliphatic carbocycles. The van der Waals surface area contributed by atoms with E-state index < -0.39 is 0 Å². The summed E-state index contributed by atoms with van der Waals surface area (Å²) in [6.07, 6.45) is 5.21. The highest BCUT2D eigenvalue weighted by atomic mass is 16.1. The lowest BCUT2D eigenvalue weighted by Gasteiger charge is -2.45. The molecule has 156 valence electrons. The SMILES string of the molecule is C=O.C=O.CC1CC(C)(C)NC(C)(C)C1.CC1CC(C)(C)NC(C)(C)C1. The average molecular weight is 371 g/mol. The Labute approximate surface area is 163 Å². The summed E-state index contributed by atoms with van der Waals surface area (Å²) in [4.78, 5) is 16.0. The van der Waals surface area contributed by atoms with Gasteiger partial charge in [-0.05, 0) is 92.9 Å². The van der Waals surface area contributed by atoms with Crippen LogP contribution in [0.5, 0.6) is 0 Å². The second-order valence-corrected chi connectivity index (χ2v) is 10.8. The van der Waals surface area contributed by atoms with Crippen molar-refractivity contribution in [3.63, 3.8) is 0 Å². The van der Waals surface area contributed by atoms with Gasteiger partial charge in [-0.1, -0.05) is 13.8 Å². The molecule has 0 aromatic heterocycles. The van der Waals surface area contributed by atoms with Crippen molar-refractivity contribution in [2.45, 2.75) is 117 Å². The Kier molecular flexibility index (Phi) is 11.2. The Bertz CT molecular complexity index is 333. The molecule has 4 nitrogen and oxygen atoms in total. The Hall–Kier alpha value is -0.740. The Morgan fingerprint density at radius 3 is 0.808 bits per heavy atom. The number of carbonyl (C=O) groups excluding carboxylic acids is 2. The van der Waals surface area contributed by atoms with Crippen molar-refractivity contribution in [2.75, 3.05) is 0 Å². The van der Waals surface area contributed by atoms with Gasteiger partial charge in [0.05, 0.1) is 0 Å². The number of nitrogens with one attached hydrogen (secondary N) is 2. The van der Waals surface area contributed by atoms with Gasteiger partial charge < -0.3 is 20.2 Å². The zero-order chi connectivity index (χ0) is 21.4. The van der Waals surface area contributed by atoms with E-state index in [1.54, 1.807) is 0 Å². The second-order valence-electron chi connectivity index (χ2n) is 10.8. The van der Waals surface area contributed by atoms with Crippen molar-refractivity contribution in [1.29, 1.82) is 0 Å². The molecule has 0 spiro atoms. The lowest BCUT2D eigenvalue weighted by molar-refractivity contribution is -0.0987. The molecule has 2 aliphatic heterocycles. The summed E-state index contributed by atoms with van der Waals surface area (Å²) in [5, 5.41) is 7.32. The molecule has 2 aliphatic rings. The van der Waals surface area contributed by atoms with E-state index in [1.807, 2.05) is 13.6 Å². The number of piperidine rings is 2. The van der Waals surface area contributed by atoms with Crippen LogP contribution < -0.4 is 10.6 Å². The third-order valence-electron chi connectivity index (χ3n) is 4.79. The van der Waals surface area contributed by atoms with Crippen molar-refractivity contribution < 1.29 is 9.59 Å². The van der Waals surface area contributed by atoms with Crippen LogP contribution in [-0.4, -0.2) is 35.7 Å². The first kappa shape index (κ1) is 27.5. The van der Waals surface area contributed by atoms with Crippen LogP contribution in [0.1, 0.15) is 94.9 Å². The molecule has 0 aromatic carbocycles. The maximum Gasteiger partial charge on any atom is 0.106 e. The highest BCUT2D eigenvalue weighted by Crippen LogP contribution is 2.32. The minimum atomic E-state index is 0.334. The molecular weight excluding hydrogens is 324 g/mol. The molecule has 0 bridgehead atoms. The molecule has 0 atom stereocenters. The molecule has 4 heteroatoms. The Balaban J connectivity index is 0. The monoisotopic (exact) mass is 370 g/mol. The lowest BCUT2D eigenvalue weighted by atomic mass is 9.77. The number of hydrogen-bond donors (Lipinski definition) is 2. The van der Waals surface area contributed by atoms with E-state index in [2.05, 4.69) is 79.9 Å². The molecule has 2 saturated heterocycles. The molecular formula is C22H46N2O2. The smallest absolute Gasteiger partial charge is 0.106 e. The van der Waals surface area contributed by atoms with Gasteiger partial charge in [-0.2, -0.15) is 0 Å². The largest absolute Gasteiger partial charge is 0.307 e. The van der Waals surface area contributed by atoms with Gasteiger partial charge in [0.25, 0.3) is 0 Å². The highest BCUT2D eigenvalue weighted by molar-refractivity contribution is 5.11. The van der Waals surface area contributed by atoms with Gasteiger partial charge in [-0.3, -0.25) is 0 Å². The maximum atomic E-state index is 8.00. The van der Waals surface area contributed by atoms with Gasteiger partial charge in [-0.25, -0.2) is 0 Å². The molecule has 0 unspecified atom stereocenters. The van der Waals surface area contributed by atoms with Gasteiger partial charge in [0.15, 0.2) is 0 Å². The summed E-state index contributed by atoms with van der Waals surface area (Å²) >= 11 is 0. The third kappa shape index (κ3) is 11.8. The minimum Gasteiger partial charge on any atom is -0.307 e. The normalized spacial score (nSPS) is 25.9. The van der Waals surface area contributed by atoms with Crippen LogP contribution >= 0.6 is 0 Å². The van der Waals surface area contributed by atoms with E-state index in [-0.39, 0.29) is 0 Å². The highest BCUT2D eigenvalue weighted by Gasteiger charge is 2.36. The lowest BCUT2D eigenvalue weighted by Crippen LogP contribution is -2.57. The van der Waals surface area contributed by atoms with Crippen LogP contribution in [0.4, 0.5) is 0 Å². The molecule has 0 aromatic rings. The van der Waals surface area contributed by atoms with E-state index in [1.165, 1.54) is 25.7 Å². The average Bonchev–Trinajstić information content (AvgIpc) is 2.35. The Morgan fingerprint density at radius 2 is 0.692 bits per heavy atom. The maximum absolute atomic E-state index is 8.00. The first-order chi connectivity index (χ1) is 11.6. The predicted octanol–water partition coefficient (Wildman–Crippen LogP) is 4.76. The summed E-state index contributed by atoms with van der Waals surface area (Å²) in [5.41, 5.74) is 1.34. The van der Waals surface area contributed by atoms with Gasteiger partial charge in [0.1, 0.15) is 13.6 Å². The molecule has 26 heavy (non-hydrogen) atoms. The molecule has 0 radical (unpaired) electrons. The van der Waals surface area contributed by atoms with Gasteiger partial charge in [0.2, 0.25) is 0 Å². The first-order valence-corrected chi connectivity index (χ1v) is 9.78. The van der Waals surface area contributed by atoms with E-state index >= 15 is 0 Å². The third-order valence-corrected chi connectivity index (χ3v) is 4.79. The van der Waals surface area contributed by atoms with Crippen LogP contribution in [-0.2, 0) is 9.59 Å². The van der Waals surface area contributed by atoms with Crippen LogP contribution in [0.2, 0.25) is 0 Å². The van der Waals surface area contributed by atoms with E-state index in [4.69, 9.17) is 9.59 Å². The fourth-order valence-corrected chi connectivity index (χ4v) is 5.67. The van der Waals surface area contributed by atoms with Crippen molar-refractivity contribution in [2.24, 2.45) is 11.8 Å². The number of carbonyl (C=O) groups is 2. The zero-order valence-corrected chi connectivity index (χ0v) is 19.2. The topological polar surface area (TPSA) is 58.2 Å². The second kappa shape index (κ2) is 10.6. The minimum absolute atomic E-state index is 0.334. The van der Waals surface area contributed by atoms with Crippen LogP contribution in [0.3, 0.4) is 0 Å². The van der Waals surface area contributed by atoms with Gasteiger partial charge in [0, 0.05) is 22.2 Å². The summed E-state index contributed by atoms with van der Waals surface area (Å²) in [6, 6.07) is 0. The zero-order valence-electron chi connectivity index (χ0n) is 19.2. The fraction of sp³-hybridized carbons (Fsp3) is 0.909. The van der Waals surface area contributed by atoms with Gasteiger partial charge in [-0.15, -0.1) is 0 Å². The standard InChI is InChI=1S/2C10H21N.2CH2O/c2*1-8-6-9(2,3)11-10(4,5)7-8;2*1-2/h2*8,11H,6-7H2,1-5H3;2*1H2. The predicted molar refractivity (Wildman–Crippen MR) is 114 cm³/mol. The van der Waals surface area contributed by atoms with E-state index in [0.717, 1.165) is 11.8 Å². The molecule has 2 N–H and O–H groups in total. The Morgan fingerprint density at radius 1 is 0.538 bits per heavy atom. The summed E-state index contributed by atoms with van der Waals surface area (Å²) in [6.45, 7) is 27.1. The summed E-state index contributed by atoms with van der Waals surface area (Å²) in [5.74, 6) is 1.72. The van der Waals surface area contributed by atoms with Crippen molar-refractivity contribution >= 4 is 13.6 Å².